The molecular formula is C15H23ClFN5O8P2. The van der Waals surface area contributed by atoms with Gasteiger partial charge in [-0.15, -0.1) is 0 Å². The maximum atomic E-state index is 15.0. The molecule has 17 heteroatoms. The van der Waals surface area contributed by atoms with E-state index in [1.165, 1.54) is 6.08 Å². The number of hydrogen-bond donors (Lipinski definition) is 6. The summed E-state index contributed by atoms with van der Waals surface area (Å²) in [4.78, 5) is 39.1. The molecule has 180 valence electrons. The highest BCUT2D eigenvalue weighted by Crippen LogP contribution is 2.55. The highest BCUT2D eigenvalue weighted by molar-refractivity contribution is 7.70. The summed E-state index contributed by atoms with van der Waals surface area (Å²) in [5.74, 6) is -1.21. The highest BCUT2D eigenvalue weighted by Gasteiger charge is 2.35. The van der Waals surface area contributed by atoms with Gasteiger partial charge in [0, 0.05) is 7.05 Å². The molecule has 1 unspecified atom stereocenters. The number of nitrogens with zero attached hydrogens (tertiary/aromatic N) is 4. The molecule has 2 aromatic heterocycles. The standard InChI is InChI=1S/C15H23ClFN5O8P2/c1-3-4-8(5-30-32(28,29)7-31(25,26)27)11(23)9(17)14(24)22-6-19-10-12(18-2)20-15(16)21-13(10)22/h4,6,9,11,14,23-24H,3,5,7H2,1-2H3,(H,28,29)(H,18,20,21)(H2,25,26,27)/b8-4-/t9-,11+,14+/m0/s1. The lowest BCUT2D eigenvalue weighted by molar-refractivity contribution is -0.0352. The molecule has 0 bridgehead atoms. The molecule has 13 nitrogen and oxygen atoms in total. The Bertz CT molecular complexity index is 1080. The van der Waals surface area contributed by atoms with Gasteiger partial charge in [-0.25, -0.2) is 9.37 Å². The first kappa shape index (κ1) is 26.8. The van der Waals surface area contributed by atoms with E-state index in [1.807, 2.05) is 0 Å². The number of hydrogen-bond acceptors (Lipinski definition) is 9. The minimum Gasteiger partial charge on any atom is -0.385 e. The first-order valence-corrected chi connectivity index (χ1v) is 13.0. The van der Waals surface area contributed by atoms with Gasteiger partial charge in [-0.2, -0.15) is 9.97 Å². The van der Waals surface area contributed by atoms with E-state index in [9.17, 15) is 24.2 Å². The molecule has 0 saturated carbocycles. The predicted octanol–water partition coefficient (Wildman–Crippen LogP) is 1.38. The molecule has 0 fully saturated rings. The van der Waals surface area contributed by atoms with E-state index >= 15 is 4.39 Å². The Labute approximate surface area is 186 Å². The number of imidazole rings is 1. The number of aromatic nitrogens is 4. The molecule has 0 radical (unpaired) electrons. The van der Waals surface area contributed by atoms with Crippen LogP contribution in [-0.4, -0.2) is 76.2 Å². The molecule has 0 aromatic carbocycles. The molecule has 2 heterocycles. The number of halogens is 2. The summed E-state index contributed by atoms with van der Waals surface area (Å²) in [6.07, 6.45) is -3.75. The third kappa shape index (κ3) is 6.77. The lowest BCUT2D eigenvalue weighted by atomic mass is 10.0. The number of alkyl halides is 1. The van der Waals surface area contributed by atoms with Crippen molar-refractivity contribution in [1.82, 2.24) is 19.5 Å². The monoisotopic (exact) mass is 517 g/mol. The molecule has 6 N–H and O–H groups in total. The maximum absolute atomic E-state index is 15.0. The smallest absolute Gasteiger partial charge is 0.340 e. The van der Waals surface area contributed by atoms with Crippen LogP contribution in [-0.2, 0) is 13.7 Å². The zero-order chi connectivity index (χ0) is 24.3. The van der Waals surface area contributed by atoms with Crippen molar-refractivity contribution in [2.45, 2.75) is 31.8 Å². The van der Waals surface area contributed by atoms with Crippen molar-refractivity contribution < 1.29 is 42.9 Å². The zero-order valence-corrected chi connectivity index (χ0v) is 19.5. The molecule has 2 aromatic rings. The number of aliphatic hydroxyl groups excluding tert-OH is 2. The van der Waals surface area contributed by atoms with Crippen molar-refractivity contribution >= 4 is 43.8 Å². The van der Waals surface area contributed by atoms with Crippen LogP contribution in [0.5, 0.6) is 0 Å². The average Bonchev–Trinajstić information content (AvgIpc) is 3.10. The van der Waals surface area contributed by atoms with Crippen LogP contribution in [0.1, 0.15) is 19.6 Å². The Morgan fingerprint density at radius 2 is 2.00 bits per heavy atom. The number of anilines is 1. The van der Waals surface area contributed by atoms with Gasteiger partial charge in [0.05, 0.1) is 12.9 Å². The van der Waals surface area contributed by atoms with Crippen LogP contribution in [0.4, 0.5) is 10.2 Å². The minimum atomic E-state index is -4.86. The van der Waals surface area contributed by atoms with Gasteiger partial charge in [-0.3, -0.25) is 13.7 Å². The first-order chi connectivity index (χ1) is 14.8. The van der Waals surface area contributed by atoms with Crippen molar-refractivity contribution in [2.24, 2.45) is 0 Å². The van der Waals surface area contributed by atoms with Gasteiger partial charge < -0.3 is 34.7 Å². The van der Waals surface area contributed by atoms with Crippen molar-refractivity contribution in [1.29, 1.82) is 0 Å². The molecule has 0 aliphatic rings. The number of aliphatic hydroxyl groups is 2. The van der Waals surface area contributed by atoms with E-state index < -0.39 is 46.2 Å². The van der Waals surface area contributed by atoms with Gasteiger partial charge in [-0.1, -0.05) is 13.0 Å². The molecule has 0 spiro atoms. The second-order valence-corrected chi connectivity index (χ2v) is 11.0. The Morgan fingerprint density at radius 1 is 1.34 bits per heavy atom. The topological polar surface area (TPSA) is 200 Å². The molecule has 4 atom stereocenters. The fourth-order valence-corrected chi connectivity index (χ4v) is 5.46. The lowest BCUT2D eigenvalue weighted by Crippen LogP contribution is -2.34. The molecule has 0 aliphatic heterocycles. The van der Waals surface area contributed by atoms with Gasteiger partial charge in [-0.05, 0) is 23.6 Å². The summed E-state index contributed by atoms with van der Waals surface area (Å²) >= 11 is 5.84. The van der Waals surface area contributed by atoms with E-state index in [0.717, 1.165) is 10.9 Å². The number of fused-ring (bicyclic) bond motifs is 1. The van der Waals surface area contributed by atoms with Crippen LogP contribution in [0.3, 0.4) is 0 Å². The number of nitrogens with one attached hydrogen (secondary N) is 1. The van der Waals surface area contributed by atoms with Crippen LogP contribution in [0.15, 0.2) is 18.0 Å². The Morgan fingerprint density at radius 3 is 2.56 bits per heavy atom. The van der Waals surface area contributed by atoms with Crippen LogP contribution in [0.25, 0.3) is 11.2 Å². The molecular weight excluding hydrogens is 495 g/mol. The van der Waals surface area contributed by atoms with Crippen molar-refractivity contribution in [3.8, 4) is 0 Å². The van der Waals surface area contributed by atoms with E-state index in [2.05, 4.69) is 24.8 Å². The second-order valence-electron chi connectivity index (χ2n) is 6.62. The first-order valence-electron chi connectivity index (χ1n) is 9.07. The Hall–Kier alpha value is -1.47. The van der Waals surface area contributed by atoms with Crippen LogP contribution in [0, 0.1) is 0 Å². The van der Waals surface area contributed by atoms with Crippen molar-refractivity contribution in [3.63, 3.8) is 0 Å². The summed E-state index contributed by atoms with van der Waals surface area (Å²) < 4.78 is 43.4. The van der Waals surface area contributed by atoms with Crippen LogP contribution >= 0.6 is 26.8 Å². The van der Waals surface area contributed by atoms with E-state index in [-0.39, 0.29) is 34.3 Å². The maximum Gasteiger partial charge on any atom is 0.340 e. The normalized spacial score (nSPS) is 17.7. The molecule has 0 amide bonds. The average molecular weight is 518 g/mol. The highest BCUT2D eigenvalue weighted by atomic mass is 35.5. The van der Waals surface area contributed by atoms with Crippen molar-refractivity contribution in [2.75, 3.05) is 24.9 Å². The van der Waals surface area contributed by atoms with Gasteiger partial charge in [0.25, 0.3) is 0 Å². The van der Waals surface area contributed by atoms with Crippen LogP contribution < -0.4 is 5.32 Å². The third-order valence-corrected chi connectivity index (χ3v) is 7.75. The van der Waals surface area contributed by atoms with E-state index in [0.29, 0.717) is 0 Å². The number of rotatable bonds is 11. The SMILES string of the molecule is CC/C=C(/COP(=O)(O)CP(=O)(O)O)[C@@H](O)[C@H](F)[C@@H](O)n1cnc2c(NC)nc(Cl)nc21. The van der Waals surface area contributed by atoms with E-state index in [1.54, 1.807) is 14.0 Å². The Kier molecular flexibility index (Phi) is 8.90. The largest absolute Gasteiger partial charge is 0.385 e. The molecule has 32 heavy (non-hydrogen) atoms. The third-order valence-electron chi connectivity index (χ3n) is 4.14. The molecule has 0 aliphatic carbocycles. The fraction of sp³-hybridized carbons (Fsp3) is 0.533. The second kappa shape index (κ2) is 10.6. The number of allylic oxidation sites excluding steroid dienone is 1. The van der Waals surface area contributed by atoms with Gasteiger partial charge in [0.2, 0.25) is 5.28 Å². The van der Waals surface area contributed by atoms with E-state index in [4.69, 9.17) is 21.4 Å². The fourth-order valence-electron chi connectivity index (χ4n) is 2.76. The summed E-state index contributed by atoms with van der Waals surface area (Å²) in [5, 5.41) is 23.4. The zero-order valence-electron chi connectivity index (χ0n) is 16.9. The minimum absolute atomic E-state index is 0.0181. The predicted molar refractivity (Wildman–Crippen MR) is 113 cm³/mol. The Balaban J connectivity index is 2.25. The van der Waals surface area contributed by atoms with Crippen molar-refractivity contribution in [3.05, 3.63) is 23.3 Å². The quantitative estimate of drug-likeness (QED) is 0.142. The molecule has 0 saturated heterocycles. The molecule has 2 rings (SSSR count). The van der Waals surface area contributed by atoms with Crippen LogP contribution in [0.2, 0.25) is 5.28 Å². The van der Waals surface area contributed by atoms with Gasteiger partial charge >= 0.3 is 15.2 Å². The summed E-state index contributed by atoms with van der Waals surface area (Å²) in [5.41, 5.74) is -0.0496. The van der Waals surface area contributed by atoms with Gasteiger partial charge in [0.15, 0.2) is 35.3 Å². The lowest BCUT2D eigenvalue weighted by Gasteiger charge is -2.25. The summed E-state index contributed by atoms with van der Waals surface area (Å²) in [6.45, 7) is 0.824. The summed E-state index contributed by atoms with van der Waals surface area (Å²) in [6, 6.07) is 0. The summed E-state index contributed by atoms with van der Waals surface area (Å²) in [7, 11) is -8.05. The van der Waals surface area contributed by atoms with Gasteiger partial charge in [0.1, 0.15) is 6.10 Å².